The first-order chi connectivity index (χ1) is 15.9. The van der Waals surface area contributed by atoms with Crippen LogP contribution < -0.4 is 19.8 Å². The lowest BCUT2D eigenvalue weighted by Crippen LogP contribution is -2.36. The number of anilines is 4. The van der Waals surface area contributed by atoms with Crippen LogP contribution in [0.25, 0.3) is 0 Å². The van der Waals surface area contributed by atoms with E-state index in [1.165, 1.54) is 19.3 Å². The molecule has 0 radical (unpaired) electrons. The van der Waals surface area contributed by atoms with Gasteiger partial charge in [-0.2, -0.15) is 0 Å². The minimum atomic E-state index is -3.83. The highest BCUT2D eigenvalue weighted by atomic mass is 32.2. The molecule has 0 spiro atoms. The van der Waals surface area contributed by atoms with E-state index in [-0.39, 0.29) is 0 Å². The molecule has 9 heteroatoms. The molecule has 2 heterocycles. The van der Waals surface area contributed by atoms with Gasteiger partial charge in [-0.15, -0.1) is 0 Å². The molecule has 2 aliphatic heterocycles. The number of hydrogen-bond acceptors (Lipinski definition) is 6. The lowest BCUT2D eigenvalue weighted by molar-refractivity contribution is -0.113. The van der Waals surface area contributed by atoms with Gasteiger partial charge >= 0.3 is 0 Å². The van der Waals surface area contributed by atoms with Crippen LogP contribution in [0.15, 0.2) is 42.5 Å². The summed E-state index contributed by atoms with van der Waals surface area (Å²) in [5.74, 6) is -1.22. The van der Waals surface area contributed by atoms with Crippen molar-refractivity contribution < 1.29 is 17.9 Å². The van der Waals surface area contributed by atoms with Gasteiger partial charge in [0.1, 0.15) is 5.75 Å². The third-order valence-corrected chi connectivity index (χ3v) is 7.23. The lowest BCUT2D eigenvalue weighted by atomic mass is 10.1. The van der Waals surface area contributed by atoms with Gasteiger partial charge in [0, 0.05) is 48.9 Å². The second kappa shape index (κ2) is 10.4. The van der Waals surface area contributed by atoms with E-state index in [1.54, 1.807) is 12.1 Å². The predicted molar refractivity (Wildman–Crippen MR) is 133 cm³/mol. The molecular weight excluding hydrogens is 440 g/mol. The molecule has 2 aliphatic rings. The fourth-order valence-corrected chi connectivity index (χ4v) is 5.26. The molecule has 2 N–H and O–H groups in total. The Morgan fingerprint density at radius 1 is 0.909 bits per heavy atom. The molecule has 33 heavy (non-hydrogen) atoms. The molecule has 8 nitrogen and oxygen atoms in total. The number of nitrogens with zero attached hydrogens (tertiary/aromatic N) is 2. The number of benzene rings is 2. The fraction of sp³-hybridized carbons (Fsp3) is 0.458. The maximum absolute atomic E-state index is 12.5. The molecule has 2 aromatic rings. The Labute approximate surface area is 196 Å². The molecule has 0 bridgehead atoms. The van der Waals surface area contributed by atoms with Gasteiger partial charge in [-0.3, -0.25) is 9.52 Å². The van der Waals surface area contributed by atoms with Crippen molar-refractivity contribution in [3.8, 4) is 0 Å². The van der Waals surface area contributed by atoms with Crippen molar-refractivity contribution in [2.75, 3.05) is 65.0 Å². The summed E-state index contributed by atoms with van der Waals surface area (Å²) >= 11 is 0. The average molecular weight is 473 g/mol. The van der Waals surface area contributed by atoms with Crippen LogP contribution in [0.5, 0.6) is 0 Å². The second-order valence-corrected chi connectivity index (χ2v) is 10.3. The first-order valence-electron chi connectivity index (χ1n) is 11.5. The van der Waals surface area contributed by atoms with Crippen molar-refractivity contribution in [1.82, 2.24) is 0 Å². The largest absolute Gasteiger partial charge is 0.378 e. The molecule has 2 aromatic carbocycles. The van der Waals surface area contributed by atoms with E-state index in [4.69, 9.17) is 4.74 Å². The van der Waals surface area contributed by atoms with Crippen LogP contribution in [0.3, 0.4) is 0 Å². The van der Waals surface area contributed by atoms with Gasteiger partial charge in [-0.25, -0.2) is 8.42 Å². The summed E-state index contributed by atoms with van der Waals surface area (Å²) in [4.78, 5) is 17.0. The SMILES string of the molecule is Cc1cc(N2CCOCC2)ccc1NC(=O)CS(=O)(=O)Nc1ccc(N2CCCCC2)cc1. The van der Waals surface area contributed by atoms with Gasteiger partial charge < -0.3 is 19.9 Å². The van der Waals surface area contributed by atoms with Crippen LogP contribution >= 0.6 is 0 Å². The van der Waals surface area contributed by atoms with Crippen LogP contribution in [-0.4, -0.2) is 59.5 Å². The minimum Gasteiger partial charge on any atom is -0.378 e. The van der Waals surface area contributed by atoms with Crippen molar-refractivity contribution in [2.45, 2.75) is 26.2 Å². The first-order valence-corrected chi connectivity index (χ1v) is 13.1. The van der Waals surface area contributed by atoms with E-state index in [0.717, 1.165) is 43.1 Å². The quantitative estimate of drug-likeness (QED) is 0.643. The summed E-state index contributed by atoms with van der Waals surface area (Å²) in [6.45, 7) is 7.00. The zero-order valence-corrected chi connectivity index (χ0v) is 19.9. The second-order valence-electron chi connectivity index (χ2n) is 8.60. The number of sulfonamides is 1. The molecule has 0 atom stereocenters. The summed E-state index contributed by atoms with van der Waals surface area (Å²) in [6.07, 6.45) is 3.62. The van der Waals surface area contributed by atoms with Crippen molar-refractivity contribution in [3.05, 3.63) is 48.0 Å². The van der Waals surface area contributed by atoms with Crippen LogP contribution in [-0.2, 0) is 19.6 Å². The third kappa shape index (κ3) is 6.39. The lowest BCUT2D eigenvalue weighted by Gasteiger charge is -2.29. The summed E-state index contributed by atoms with van der Waals surface area (Å²) in [7, 11) is -3.83. The Bertz CT molecular complexity index is 1060. The van der Waals surface area contributed by atoms with Crippen LogP contribution in [0.1, 0.15) is 24.8 Å². The number of amides is 1. The number of nitrogens with one attached hydrogen (secondary N) is 2. The number of hydrogen-bond donors (Lipinski definition) is 2. The average Bonchev–Trinajstić information content (AvgIpc) is 2.81. The van der Waals surface area contributed by atoms with E-state index in [9.17, 15) is 13.2 Å². The van der Waals surface area contributed by atoms with Crippen LogP contribution in [0.2, 0.25) is 0 Å². The van der Waals surface area contributed by atoms with E-state index in [2.05, 4.69) is 19.8 Å². The van der Waals surface area contributed by atoms with Crippen LogP contribution in [0.4, 0.5) is 22.7 Å². The Kier molecular flexibility index (Phi) is 7.39. The Morgan fingerprint density at radius 2 is 1.55 bits per heavy atom. The van der Waals surface area contributed by atoms with E-state index < -0.39 is 21.7 Å². The van der Waals surface area contributed by atoms with Crippen molar-refractivity contribution in [2.24, 2.45) is 0 Å². The molecular formula is C24H32N4O4S. The highest BCUT2D eigenvalue weighted by Gasteiger charge is 2.19. The molecule has 2 fully saturated rings. The predicted octanol–water partition coefficient (Wildman–Crippen LogP) is 3.20. The highest BCUT2D eigenvalue weighted by Crippen LogP contribution is 2.24. The molecule has 1 amide bonds. The number of morpholine rings is 1. The zero-order chi connectivity index (χ0) is 23.3. The minimum absolute atomic E-state index is 0.453. The van der Waals surface area contributed by atoms with Crippen molar-refractivity contribution >= 4 is 38.7 Å². The third-order valence-electron chi connectivity index (χ3n) is 6.04. The summed E-state index contributed by atoms with van der Waals surface area (Å²) in [5, 5.41) is 2.73. The number of aryl methyl sites for hydroxylation is 1. The monoisotopic (exact) mass is 472 g/mol. The molecule has 0 saturated carbocycles. The van der Waals surface area contributed by atoms with E-state index in [0.29, 0.717) is 24.6 Å². The van der Waals surface area contributed by atoms with E-state index >= 15 is 0 Å². The molecule has 0 aromatic heterocycles. The molecule has 0 aliphatic carbocycles. The Hall–Kier alpha value is -2.78. The zero-order valence-electron chi connectivity index (χ0n) is 19.0. The highest BCUT2D eigenvalue weighted by molar-refractivity contribution is 7.93. The van der Waals surface area contributed by atoms with Gasteiger partial charge in [-0.05, 0) is 74.2 Å². The van der Waals surface area contributed by atoms with E-state index in [1.807, 2.05) is 37.3 Å². The summed E-state index contributed by atoms with van der Waals surface area (Å²) in [5.41, 5.74) is 4.10. The Balaban J connectivity index is 1.32. The first kappa shape index (κ1) is 23.4. The van der Waals surface area contributed by atoms with Crippen molar-refractivity contribution in [1.29, 1.82) is 0 Å². The van der Waals surface area contributed by atoms with Gasteiger partial charge in [0.25, 0.3) is 0 Å². The van der Waals surface area contributed by atoms with Gasteiger partial charge in [0.15, 0.2) is 0 Å². The molecule has 0 unspecified atom stereocenters. The molecule has 178 valence electrons. The molecule has 2 saturated heterocycles. The number of ether oxygens (including phenoxy) is 1. The number of carbonyl (C=O) groups is 1. The number of rotatable bonds is 7. The van der Waals surface area contributed by atoms with Crippen molar-refractivity contribution in [3.63, 3.8) is 0 Å². The maximum Gasteiger partial charge on any atom is 0.241 e. The van der Waals surface area contributed by atoms with Gasteiger partial charge in [0.05, 0.1) is 13.2 Å². The van der Waals surface area contributed by atoms with Gasteiger partial charge in [0.2, 0.25) is 15.9 Å². The smallest absolute Gasteiger partial charge is 0.241 e. The normalized spacial score (nSPS) is 17.0. The van der Waals surface area contributed by atoms with Crippen LogP contribution in [0, 0.1) is 6.92 Å². The number of carbonyl (C=O) groups excluding carboxylic acids is 1. The molecule has 4 rings (SSSR count). The topological polar surface area (TPSA) is 91.0 Å². The summed E-state index contributed by atoms with van der Waals surface area (Å²) in [6, 6.07) is 13.1. The standard InChI is InChI=1S/C24H32N4O4S/c1-19-17-22(28-13-15-32-16-14-28)9-10-23(19)25-24(29)18-33(30,31)26-20-5-7-21(8-6-20)27-11-3-2-4-12-27/h5-10,17,26H,2-4,11-16,18H2,1H3,(H,25,29). The maximum atomic E-state index is 12.5. The summed E-state index contributed by atoms with van der Waals surface area (Å²) < 4.78 is 33.0. The number of piperidine rings is 1. The Morgan fingerprint density at radius 3 is 2.21 bits per heavy atom. The fourth-order valence-electron chi connectivity index (χ4n) is 4.27. The van der Waals surface area contributed by atoms with Gasteiger partial charge in [-0.1, -0.05) is 0 Å².